The van der Waals surface area contributed by atoms with Crippen molar-refractivity contribution in [1.82, 2.24) is 5.32 Å². The van der Waals surface area contributed by atoms with Crippen molar-refractivity contribution < 1.29 is 45.7 Å². The third-order valence-corrected chi connectivity index (χ3v) is 6.47. The van der Waals surface area contributed by atoms with E-state index in [-0.39, 0.29) is 22.8 Å². The normalized spacial score (nSPS) is 18.6. The van der Waals surface area contributed by atoms with Gasteiger partial charge >= 0.3 is 6.36 Å². The number of hydrogen-bond donors (Lipinski definition) is 2. The molecule has 32 heavy (non-hydrogen) atoms. The van der Waals surface area contributed by atoms with E-state index in [2.05, 4.69) is 10.1 Å². The zero-order chi connectivity index (χ0) is 23.4. The number of alkyl halides is 3. The number of hydrogen-bond acceptors (Lipinski definition) is 7. The first-order valence-electron chi connectivity index (χ1n) is 9.43. The van der Waals surface area contributed by atoms with Crippen LogP contribution in [0.1, 0.15) is 12.8 Å². The Balaban J connectivity index is 1.69. The number of amides is 1. The largest absolute Gasteiger partial charge is 0.573 e. The van der Waals surface area contributed by atoms with Gasteiger partial charge in [0.15, 0.2) is 15.6 Å². The lowest BCUT2D eigenvalue weighted by molar-refractivity contribution is -0.274. The Hall–Kier alpha value is -2.83. The highest BCUT2D eigenvalue weighted by Gasteiger charge is 2.43. The fraction of sp³-hybridized carbons (Fsp3) is 0.350. The van der Waals surface area contributed by atoms with Gasteiger partial charge in [-0.3, -0.25) is 4.79 Å². The average Bonchev–Trinajstić information content (AvgIpc) is 3.24. The maximum atomic E-state index is 12.8. The molecule has 0 aromatic heterocycles. The standard InChI is InChI=1S/C20H20F3NO7S/c21-20(22,23)31-16-5-3-14(4-6-16)30-15-7-9-17(10-8-15)32(27,28)12-19(26,24-13-25)18-2-1-11-29-18/h3-10,13,18,26H,1-2,11-12H2,(H,24,25)/t18-,19+/m1/s1. The number of aliphatic hydroxyl groups is 1. The second kappa shape index (κ2) is 9.35. The van der Waals surface area contributed by atoms with E-state index in [1.54, 1.807) is 0 Å². The van der Waals surface area contributed by atoms with Crippen LogP contribution in [0.2, 0.25) is 0 Å². The van der Waals surface area contributed by atoms with Gasteiger partial charge in [-0.05, 0) is 61.4 Å². The number of benzene rings is 2. The van der Waals surface area contributed by atoms with E-state index in [1.165, 1.54) is 36.4 Å². The van der Waals surface area contributed by atoms with Crippen molar-refractivity contribution in [1.29, 1.82) is 0 Å². The highest BCUT2D eigenvalue weighted by atomic mass is 32.2. The SMILES string of the molecule is O=CN[C@](O)(CS(=O)(=O)c1ccc(Oc2ccc(OC(F)(F)F)cc2)cc1)[C@H]1CCCO1. The molecule has 174 valence electrons. The predicted octanol–water partition coefficient (Wildman–Crippen LogP) is 2.76. The molecule has 0 aliphatic carbocycles. The minimum atomic E-state index is -4.80. The summed E-state index contributed by atoms with van der Waals surface area (Å²) in [4.78, 5) is 10.8. The number of ether oxygens (including phenoxy) is 3. The molecule has 1 saturated heterocycles. The molecule has 1 aliphatic rings. The second-order valence-corrected chi connectivity index (χ2v) is 9.03. The number of carbonyl (C=O) groups excluding carboxylic acids is 1. The van der Waals surface area contributed by atoms with Crippen LogP contribution in [0.15, 0.2) is 53.4 Å². The number of halogens is 3. The molecule has 2 atom stereocenters. The smallest absolute Gasteiger partial charge is 0.457 e. The molecular weight excluding hydrogens is 455 g/mol. The van der Waals surface area contributed by atoms with Gasteiger partial charge in [-0.25, -0.2) is 8.42 Å². The third-order valence-electron chi connectivity index (χ3n) is 4.66. The van der Waals surface area contributed by atoms with Crippen molar-refractivity contribution in [3.8, 4) is 17.2 Å². The highest BCUT2D eigenvalue weighted by molar-refractivity contribution is 7.91. The Morgan fingerprint density at radius 2 is 1.62 bits per heavy atom. The first-order valence-corrected chi connectivity index (χ1v) is 11.1. The van der Waals surface area contributed by atoms with Crippen molar-refractivity contribution in [3.05, 3.63) is 48.5 Å². The van der Waals surface area contributed by atoms with E-state index >= 15 is 0 Å². The van der Waals surface area contributed by atoms with E-state index in [1.807, 2.05) is 0 Å². The monoisotopic (exact) mass is 475 g/mol. The fourth-order valence-corrected chi connectivity index (χ4v) is 4.78. The summed E-state index contributed by atoms with van der Waals surface area (Å²) < 4.78 is 76.8. The summed E-state index contributed by atoms with van der Waals surface area (Å²) in [6.45, 7) is 0.350. The topological polar surface area (TPSA) is 111 Å². The molecule has 0 bridgehead atoms. The van der Waals surface area contributed by atoms with Crippen LogP contribution >= 0.6 is 0 Å². The maximum absolute atomic E-state index is 12.8. The molecule has 1 fully saturated rings. The Morgan fingerprint density at radius 1 is 1.06 bits per heavy atom. The van der Waals surface area contributed by atoms with Crippen LogP contribution in [0.25, 0.3) is 0 Å². The molecule has 2 aromatic rings. The molecule has 2 N–H and O–H groups in total. The van der Waals surface area contributed by atoms with Crippen LogP contribution in [0.3, 0.4) is 0 Å². The molecule has 0 saturated carbocycles. The lowest BCUT2D eigenvalue weighted by atomic mass is 10.1. The molecule has 1 heterocycles. The second-order valence-electron chi connectivity index (χ2n) is 7.04. The zero-order valence-corrected chi connectivity index (χ0v) is 17.4. The molecule has 0 unspecified atom stereocenters. The van der Waals surface area contributed by atoms with Crippen LogP contribution in [-0.2, 0) is 19.4 Å². The van der Waals surface area contributed by atoms with Gasteiger partial charge in [-0.2, -0.15) is 0 Å². The Kier molecular flexibility index (Phi) is 6.96. The van der Waals surface area contributed by atoms with Crippen molar-refractivity contribution in [3.63, 3.8) is 0 Å². The van der Waals surface area contributed by atoms with Gasteiger partial charge in [0.05, 0.1) is 4.90 Å². The molecular formula is C20H20F3NO7S. The number of sulfone groups is 1. The van der Waals surface area contributed by atoms with E-state index in [0.717, 1.165) is 12.1 Å². The van der Waals surface area contributed by atoms with Gasteiger partial charge in [0, 0.05) is 6.61 Å². The quantitative estimate of drug-likeness (QED) is 0.424. The van der Waals surface area contributed by atoms with Crippen LogP contribution in [0.4, 0.5) is 13.2 Å². The van der Waals surface area contributed by atoms with E-state index in [9.17, 15) is 31.5 Å². The van der Waals surface area contributed by atoms with Crippen molar-refractivity contribution in [2.75, 3.05) is 12.4 Å². The van der Waals surface area contributed by atoms with E-state index in [4.69, 9.17) is 9.47 Å². The molecule has 3 rings (SSSR count). The van der Waals surface area contributed by atoms with Gasteiger partial charge in [0.1, 0.15) is 29.1 Å². The van der Waals surface area contributed by atoms with Crippen LogP contribution in [-0.4, -0.2) is 50.5 Å². The Morgan fingerprint density at radius 3 is 2.12 bits per heavy atom. The molecule has 2 aromatic carbocycles. The van der Waals surface area contributed by atoms with Gasteiger partial charge < -0.3 is 24.6 Å². The summed E-state index contributed by atoms with van der Waals surface area (Å²) in [6, 6.07) is 9.89. The summed E-state index contributed by atoms with van der Waals surface area (Å²) in [6.07, 6.45) is -4.41. The van der Waals surface area contributed by atoms with Crippen molar-refractivity contribution in [2.45, 2.75) is 35.9 Å². The molecule has 8 nitrogen and oxygen atoms in total. The average molecular weight is 475 g/mol. The highest BCUT2D eigenvalue weighted by Crippen LogP contribution is 2.29. The van der Waals surface area contributed by atoms with Gasteiger partial charge in [-0.1, -0.05) is 0 Å². The molecule has 1 amide bonds. The first-order chi connectivity index (χ1) is 15.0. The molecule has 12 heteroatoms. The molecule has 1 aliphatic heterocycles. The molecule has 0 radical (unpaired) electrons. The van der Waals surface area contributed by atoms with Gasteiger partial charge in [0.2, 0.25) is 6.41 Å². The van der Waals surface area contributed by atoms with E-state index < -0.39 is 39.5 Å². The van der Waals surface area contributed by atoms with Crippen molar-refractivity contribution >= 4 is 16.2 Å². The maximum Gasteiger partial charge on any atom is 0.573 e. The lowest BCUT2D eigenvalue weighted by Gasteiger charge is -2.32. The summed E-state index contributed by atoms with van der Waals surface area (Å²) in [7, 11) is -4.02. The van der Waals surface area contributed by atoms with Gasteiger partial charge in [0.25, 0.3) is 0 Å². The first kappa shape index (κ1) is 23.8. The summed E-state index contributed by atoms with van der Waals surface area (Å²) in [5, 5.41) is 12.9. The molecule has 0 spiro atoms. The Bertz CT molecular complexity index is 1020. The minimum absolute atomic E-state index is 0.122. The van der Waals surface area contributed by atoms with Crippen LogP contribution in [0, 0.1) is 0 Å². The fourth-order valence-electron chi connectivity index (χ4n) is 3.22. The summed E-state index contributed by atoms with van der Waals surface area (Å²) >= 11 is 0. The van der Waals surface area contributed by atoms with Crippen LogP contribution in [0.5, 0.6) is 17.2 Å². The van der Waals surface area contributed by atoms with Crippen molar-refractivity contribution in [2.24, 2.45) is 0 Å². The summed E-state index contributed by atoms with van der Waals surface area (Å²) in [5.74, 6) is -0.759. The van der Waals surface area contributed by atoms with Gasteiger partial charge in [-0.15, -0.1) is 13.2 Å². The number of carbonyl (C=O) groups is 1. The zero-order valence-electron chi connectivity index (χ0n) is 16.5. The summed E-state index contributed by atoms with van der Waals surface area (Å²) in [5.41, 5.74) is -2.08. The number of rotatable bonds is 9. The van der Waals surface area contributed by atoms with E-state index in [0.29, 0.717) is 19.4 Å². The predicted molar refractivity (Wildman–Crippen MR) is 105 cm³/mol. The lowest BCUT2D eigenvalue weighted by Crippen LogP contribution is -2.58. The number of nitrogens with one attached hydrogen (secondary N) is 1. The third kappa shape index (κ3) is 6.11. The Labute approximate surface area is 181 Å². The van der Waals surface area contributed by atoms with Crippen LogP contribution < -0.4 is 14.8 Å². The minimum Gasteiger partial charge on any atom is -0.457 e.